The van der Waals surface area contributed by atoms with Gasteiger partial charge in [-0.25, -0.2) is 0 Å². The maximum atomic E-state index is 12.2. The van der Waals surface area contributed by atoms with Crippen molar-refractivity contribution in [3.8, 4) is 5.75 Å². The molecule has 0 radical (unpaired) electrons. The highest BCUT2D eigenvalue weighted by molar-refractivity contribution is 6.30. The van der Waals surface area contributed by atoms with Crippen molar-refractivity contribution >= 4 is 29.3 Å². The topological polar surface area (TPSA) is 96.5 Å². The number of carbonyl (C=O) groups is 3. The number of nitrogens with one attached hydrogen (secondary N) is 3. The smallest absolute Gasteiger partial charge is 0.269 e. The summed E-state index contributed by atoms with van der Waals surface area (Å²) in [5.41, 5.74) is 7.14. The number of hydrazine groups is 1. The summed E-state index contributed by atoms with van der Waals surface area (Å²) in [7, 11) is 0. The van der Waals surface area contributed by atoms with Gasteiger partial charge in [0.05, 0.1) is 6.54 Å². The largest absolute Gasteiger partial charge is 0.489 e. The first-order valence-electron chi connectivity index (χ1n) is 9.82. The maximum absolute atomic E-state index is 12.2. The highest BCUT2D eigenvalue weighted by atomic mass is 35.5. The Balaban J connectivity index is 1.42. The van der Waals surface area contributed by atoms with Gasteiger partial charge >= 0.3 is 0 Å². The van der Waals surface area contributed by atoms with E-state index in [1.54, 1.807) is 60.7 Å². The molecule has 3 amide bonds. The molecule has 3 aromatic carbocycles. The summed E-state index contributed by atoms with van der Waals surface area (Å²) < 4.78 is 5.66. The van der Waals surface area contributed by atoms with Crippen LogP contribution in [0.25, 0.3) is 0 Å². The molecule has 3 aromatic rings. The maximum Gasteiger partial charge on any atom is 0.269 e. The number of hydrogen-bond donors (Lipinski definition) is 3. The van der Waals surface area contributed by atoms with Gasteiger partial charge in [0.15, 0.2) is 0 Å². The molecule has 3 rings (SSSR count). The van der Waals surface area contributed by atoms with Crippen LogP contribution in [0, 0.1) is 6.92 Å². The van der Waals surface area contributed by atoms with Crippen LogP contribution in [-0.2, 0) is 11.4 Å². The summed E-state index contributed by atoms with van der Waals surface area (Å²) >= 11 is 5.85. The molecule has 0 aliphatic carbocycles. The van der Waals surface area contributed by atoms with E-state index in [1.165, 1.54) is 0 Å². The third kappa shape index (κ3) is 6.58. The molecule has 0 atom stereocenters. The first-order chi connectivity index (χ1) is 15.4. The zero-order valence-electron chi connectivity index (χ0n) is 17.4. The van der Waals surface area contributed by atoms with Crippen molar-refractivity contribution in [3.63, 3.8) is 0 Å². The molecule has 0 aromatic heterocycles. The number of hydrogen-bond acceptors (Lipinski definition) is 4. The van der Waals surface area contributed by atoms with Crippen molar-refractivity contribution < 1.29 is 19.1 Å². The molecule has 164 valence electrons. The fourth-order valence-electron chi connectivity index (χ4n) is 2.78. The highest BCUT2D eigenvalue weighted by Crippen LogP contribution is 2.17. The van der Waals surface area contributed by atoms with E-state index in [0.29, 0.717) is 28.5 Å². The highest BCUT2D eigenvalue weighted by Gasteiger charge is 2.11. The molecule has 0 bridgehead atoms. The van der Waals surface area contributed by atoms with Crippen molar-refractivity contribution in [1.29, 1.82) is 0 Å². The lowest BCUT2D eigenvalue weighted by molar-refractivity contribution is -0.120. The lowest BCUT2D eigenvalue weighted by Gasteiger charge is -2.10. The van der Waals surface area contributed by atoms with Gasteiger partial charge in [0.25, 0.3) is 17.7 Å². The average Bonchev–Trinajstić information content (AvgIpc) is 2.81. The fraction of sp³-hybridized carbons (Fsp3) is 0.125. The van der Waals surface area contributed by atoms with Crippen LogP contribution in [0.2, 0.25) is 5.02 Å². The van der Waals surface area contributed by atoms with E-state index in [2.05, 4.69) is 16.2 Å². The zero-order valence-corrected chi connectivity index (χ0v) is 18.1. The third-order valence-electron chi connectivity index (χ3n) is 4.55. The minimum atomic E-state index is -0.548. The standard InChI is InChI=1S/C24H22ClN3O4/c1-16-4-2-3-5-21(16)24(31)26-14-22(29)27-28-23(30)18-8-6-17(7-9-18)15-32-20-12-10-19(25)11-13-20/h2-13H,14-15H2,1H3,(H,26,31)(H,27,29)(H,28,30). The Morgan fingerprint density at radius 1 is 0.844 bits per heavy atom. The second-order valence-corrected chi connectivity index (χ2v) is 7.38. The Kier molecular flexibility index (Phi) is 7.83. The van der Waals surface area contributed by atoms with Gasteiger partial charge in [0, 0.05) is 16.1 Å². The second kappa shape index (κ2) is 11.0. The number of aryl methyl sites for hydroxylation is 1. The number of carbonyl (C=O) groups excluding carboxylic acids is 3. The Morgan fingerprint density at radius 2 is 1.53 bits per heavy atom. The van der Waals surface area contributed by atoms with Gasteiger partial charge in [0.2, 0.25) is 0 Å². The monoisotopic (exact) mass is 451 g/mol. The third-order valence-corrected chi connectivity index (χ3v) is 4.80. The Bertz CT molecular complexity index is 1100. The van der Waals surface area contributed by atoms with Gasteiger partial charge in [0.1, 0.15) is 12.4 Å². The van der Waals surface area contributed by atoms with Crippen LogP contribution in [0.4, 0.5) is 0 Å². The molecule has 0 spiro atoms. The summed E-state index contributed by atoms with van der Waals surface area (Å²) in [4.78, 5) is 36.3. The Morgan fingerprint density at radius 3 is 2.22 bits per heavy atom. The molecule has 8 heteroatoms. The molecule has 0 unspecified atom stereocenters. The number of benzene rings is 3. The Labute approximate surface area is 190 Å². The fourth-order valence-corrected chi connectivity index (χ4v) is 2.90. The average molecular weight is 452 g/mol. The van der Waals surface area contributed by atoms with Crippen molar-refractivity contribution in [2.24, 2.45) is 0 Å². The first kappa shape index (κ1) is 22.8. The molecule has 0 fully saturated rings. The molecule has 0 aliphatic rings. The SMILES string of the molecule is Cc1ccccc1C(=O)NCC(=O)NNC(=O)c1ccc(COc2ccc(Cl)cc2)cc1. The van der Waals surface area contributed by atoms with Crippen LogP contribution in [0.5, 0.6) is 5.75 Å². The van der Waals surface area contributed by atoms with Crippen molar-refractivity contribution in [2.75, 3.05) is 6.54 Å². The van der Waals surface area contributed by atoms with Gasteiger partial charge in [-0.3, -0.25) is 25.2 Å². The lowest BCUT2D eigenvalue weighted by atomic mass is 10.1. The number of amides is 3. The quantitative estimate of drug-likeness (QED) is 0.479. The van der Waals surface area contributed by atoms with Gasteiger partial charge in [-0.1, -0.05) is 41.9 Å². The van der Waals surface area contributed by atoms with E-state index in [4.69, 9.17) is 16.3 Å². The minimum absolute atomic E-state index is 0.269. The van der Waals surface area contributed by atoms with Gasteiger partial charge < -0.3 is 10.1 Å². The van der Waals surface area contributed by atoms with Crippen LogP contribution >= 0.6 is 11.6 Å². The number of ether oxygens (including phenoxy) is 1. The molecule has 0 saturated heterocycles. The van der Waals surface area contributed by atoms with E-state index in [-0.39, 0.29) is 12.5 Å². The number of halogens is 1. The molecular weight excluding hydrogens is 430 g/mol. The van der Waals surface area contributed by atoms with Crippen molar-refractivity contribution in [1.82, 2.24) is 16.2 Å². The first-order valence-corrected chi connectivity index (χ1v) is 10.2. The van der Waals surface area contributed by atoms with Gasteiger partial charge in [-0.2, -0.15) is 0 Å². The van der Waals surface area contributed by atoms with Gasteiger partial charge in [-0.05, 0) is 60.5 Å². The van der Waals surface area contributed by atoms with Crippen molar-refractivity contribution in [2.45, 2.75) is 13.5 Å². The van der Waals surface area contributed by atoms with Crippen LogP contribution < -0.4 is 20.9 Å². The second-order valence-electron chi connectivity index (χ2n) is 6.94. The van der Waals surface area contributed by atoms with E-state index in [0.717, 1.165) is 11.1 Å². The van der Waals surface area contributed by atoms with E-state index in [9.17, 15) is 14.4 Å². The molecule has 7 nitrogen and oxygen atoms in total. The van der Waals surface area contributed by atoms with Crippen LogP contribution in [0.3, 0.4) is 0 Å². The van der Waals surface area contributed by atoms with Crippen LogP contribution in [0.15, 0.2) is 72.8 Å². The predicted molar refractivity (Wildman–Crippen MR) is 121 cm³/mol. The molecule has 0 aliphatic heterocycles. The van der Waals surface area contributed by atoms with E-state index < -0.39 is 11.8 Å². The molecule has 0 saturated carbocycles. The van der Waals surface area contributed by atoms with Crippen LogP contribution in [-0.4, -0.2) is 24.3 Å². The zero-order chi connectivity index (χ0) is 22.9. The van der Waals surface area contributed by atoms with Crippen molar-refractivity contribution in [3.05, 3.63) is 100 Å². The van der Waals surface area contributed by atoms with Gasteiger partial charge in [-0.15, -0.1) is 0 Å². The summed E-state index contributed by atoms with van der Waals surface area (Å²) in [6, 6.07) is 20.9. The summed E-state index contributed by atoms with van der Waals surface area (Å²) in [6.45, 7) is 1.87. The van der Waals surface area contributed by atoms with Crippen LogP contribution in [0.1, 0.15) is 31.8 Å². The Hall–Kier alpha value is -3.84. The summed E-state index contributed by atoms with van der Waals surface area (Å²) in [6.07, 6.45) is 0. The minimum Gasteiger partial charge on any atom is -0.489 e. The molecule has 0 heterocycles. The molecule has 3 N–H and O–H groups in total. The molecular formula is C24H22ClN3O4. The molecule has 32 heavy (non-hydrogen) atoms. The summed E-state index contributed by atoms with van der Waals surface area (Å²) in [5.74, 6) is -0.698. The number of rotatable bonds is 7. The normalized spacial score (nSPS) is 10.2. The summed E-state index contributed by atoms with van der Waals surface area (Å²) in [5, 5.41) is 3.15. The lowest BCUT2D eigenvalue weighted by Crippen LogP contribution is -2.46. The predicted octanol–water partition coefficient (Wildman–Crippen LogP) is 3.42. The van der Waals surface area contributed by atoms with E-state index >= 15 is 0 Å². The van der Waals surface area contributed by atoms with E-state index in [1.807, 2.05) is 19.1 Å².